The number of rotatable bonds is 3. The smallest absolute Gasteiger partial charge is 0.179 e. The molecule has 0 saturated carbocycles. The van der Waals surface area contributed by atoms with Crippen LogP contribution in [-0.2, 0) is 11.3 Å². The summed E-state index contributed by atoms with van der Waals surface area (Å²) in [6.45, 7) is 7.87. The Bertz CT molecular complexity index is 423. The van der Waals surface area contributed by atoms with E-state index in [-0.39, 0.29) is 5.60 Å². The molecule has 1 aromatic rings. The third-order valence-electron chi connectivity index (χ3n) is 1.90. The van der Waals surface area contributed by atoms with E-state index in [4.69, 9.17) is 10.6 Å². The van der Waals surface area contributed by atoms with E-state index >= 15 is 0 Å². The summed E-state index contributed by atoms with van der Waals surface area (Å²) in [6.07, 6.45) is 1.23. The van der Waals surface area contributed by atoms with Crippen LogP contribution >= 0.6 is 0 Å². The lowest BCUT2D eigenvalue weighted by molar-refractivity contribution is -0.0200. The Labute approximate surface area is 94.9 Å². The molecule has 2 N–H and O–H groups in total. The van der Waals surface area contributed by atoms with Gasteiger partial charge in [-0.15, -0.1) is 0 Å². The molecule has 0 aliphatic rings. The van der Waals surface area contributed by atoms with Gasteiger partial charge in [-0.1, -0.05) is 0 Å². The summed E-state index contributed by atoms with van der Waals surface area (Å²) in [5, 5.41) is 0. The minimum Gasteiger partial charge on any atom is -0.406 e. The van der Waals surface area contributed by atoms with E-state index in [0.29, 0.717) is 12.4 Å². The predicted molar refractivity (Wildman–Crippen MR) is 61.3 cm³/mol. The van der Waals surface area contributed by atoms with Crippen molar-refractivity contribution in [1.82, 2.24) is 9.71 Å². The summed E-state index contributed by atoms with van der Waals surface area (Å²) in [5.41, 5.74) is 6.76. The highest BCUT2D eigenvalue weighted by Crippen LogP contribution is 2.13. The molecule has 0 radical (unpaired) electrons. The van der Waals surface area contributed by atoms with E-state index in [1.165, 1.54) is 10.8 Å². The van der Waals surface area contributed by atoms with Crippen molar-refractivity contribution >= 4 is 12.0 Å². The van der Waals surface area contributed by atoms with Crippen LogP contribution in [0.15, 0.2) is 0 Å². The molecule has 0 fully saturated rings. The van der Waals surface area contributed by atoms with Gasteiger partial charge in [0.25, 0.3) is 0 Å². The second-order valence-corrected chi connectivity index (χ2v) is 4.47. The molecule has 0 spiro atoms. The summed E-state index contributed by atoms with van der Waals surface area (Å²) in [7, 11) is 0. The van der Waals surface area contributed by atoms with Gasteiger partial charge in [-0.25, -0.2) is 9.78 Å². The first kappa shape index (κ1) is 12.5. The van der Waals surface area contributed by atoms with Crippen LogP contribution in [0.1, 0.15) is 38.0 Å². The zero-order valence-corrected chi connectivity index (χ0v) is 10.1. The molecule has 5 heteroatoms. The van der Waals surface area contributed by atoms with Crippen molar-refractivity contribution in [3.05, 3.63) is 17.2 Å². The summed E-state index contributed by atoms with van der Waals surface area (Å²) in [6, 6.07) is 0. The quantitative estimate of drug-likeness (QED) is 0.767. The van der Waals surface area contributed by atoms with Crippen molar-refractivity contribution in [3.63, 3.8) is 0 Å². The molecule has 0 bridgehead atoms. The Morgan fingerprint density at radius 1 is 1.56 bits per heavy atom. The average Bonchev–Trinajstić information content (AvgIpc) is 2.41. The van der Waals surface area contributed by atoms with Crippen molar-refractivity contribution in [3.8, 4) is 0 Å². The Morgan fingerprint density at radius 3 is 2.62 bits per heavy atom. The van der Waals surface area contributed by atoms with Gasteiger partial charge in [-0.05, 0) is 27.7 Å². The van der Waals surface area contributed by atoms with Gasteiger partial charge in [-0.2, -0.15) is 4.73 Å². The first-order valence-electron chi connectivity index (χ1n) is 5.07. The average molecular weight is 223 g/mol. The Kier molecular flexibility index (Phi) is 3.52. The van der Waals surface area contributed by atoms with Crippen molar-refractivity contribution in [2.75, 3.05) is 0 Å². The molecule has 0 amide bonds. The maximum Gasteiger partial charge on any atom is 0.179 e. The second kappa shape index (κ2) is 4.51. The Morgan fingerprint density at radius 2 is 2.19 bits per heavy atom. The van der Waals surface area contributed by atoms with Crippen LogP contribution in [0.3, 0.4) is 0 Å². The standard InChI is InChI=1S/C11H17N3O2/c1-8-9(7-12)14(16-11(2,3)4)10(13-8)5-6-15/h5H,7,12H2,1-4H3. The van der Waals surface area contributed by atoms with Gasteiger partial charge in [-0.3, -0.25) is 0 Å². The number of aryl methyl sites for hydroxylation is 1. The van der Waals surface area contributed by atoms with Gasteiger partial charge in [0.15, 0.2) is 5.82 Å². The molecule has 0 atom stereocenters. The molecule has 0 aliphatic heterocycles. The third-order valence-corrected chi connectivity index (χ3v) is 1.90. The molecule has 1 rings (SSSR count). The first-order valence-corrected chi connectivity index (χ1v) is 5.07. The fourth-order valence-corrected chi connectivity index (χ4v) is 1.32. The number of aromatic nitrogens is 2. The molecular weight excluding hydrogens is 206 g/mol. The van der Waals surface area contributed by atoms with Crippen LogP contribution in [0.5, 0.6) is 0 Å². The Hall–Kier alpha value is -1.58. The first-order chi connectivity index (χ1) is 7.39. The lowest BCUT2D eigenvalue weighted by atomic mass is 10.2. The molecule has 16 heavy (non-hydrogen) atoms. The molecule has 1 heterocycles. The number of imidazole rings is 1. The number of nitrogens with two attached hydrogens (primary N) is 1. The van der Waals surface area contributed by atoms with Crippen molar-refractivity contribution in [2.24, 2.45) is 5.73 Å². The highest BCUT2D eigenvalue weighted by atomic mass is 16.7. The summed E-state index contributed by atoms with van der Waals surface area (Å²) < 4.78 is 1.50. The van der Waals surface area contributed by atoms with Gasteiger partial charge in [0.1, 0.15) is 11.5 Å². The van der Waals surface area contributed by atoms with E-state index in [2.05, 4.69) is 4.98 Å². The highest BCUT2D eigenvalue weighted by Gasteiger charge is 2.19. The monoisotopic (exact) mass is 223 g/mol. The fourth-order valence-electron chi connectivity index (χ4n) is 1.32. The van der Waals surface area contributed by atoms with Gasteiger partial charge < -0.3 is 10.6 Å². The lowest BCUT2D eigenvalue weighted by Gasteiger charge is -2.23. The number of carbonyl (C=O) groups excluding carboxylic acids is 1. The van der Waals surface area contributed by atoms with E-state index in [9.17, 15) is 4.79 Å². The molecule has 0 aromatic carbocycles. The molecule has 5 nitrogen and oxygen atoms in total. The maximum atomic E-state index is 10.4. The topological polar surface area (TPSA) is 70.1 Å². The third kappa shape index (κ3) is 2.72. The van der Waals surface area contributed by atoms with Crippen LogP contribution < -0.4 is 10.6 Å². The summed E-state index contributed by atoms with van der Waals surface area (Å²) >= 11 is 0. The number of nitrogens with zero attached hydrogens (tertiary/aromatic N) is 2. The highest BCUT2D eigenvalue weighted by molar-refractivity contribution is 5.71. The lowest BCUT2D eigenvalue weighted by Crippen LogP contribution is -2.33. The molecule has 0 saturated heterocycles. The largest absolute Gasteiger partial charge is 0.406 e. The molecule has 88 valence electrons. The van der Waals surface area contributed by atoms with Gasteiger partial charge >= 0.3 is 0 Å². The zero-order valence-electron chi connectivity index (χ0n) is 10.1. The van der Waals surface area contributed by atoms with Crippen LogP contribution in [-0.4, -0.2) is 21.3 Å². The minimum absolute atomic E-state index is 0.307. The van der Waals surface area contributed by atoms with E-state index in [1.807, 2.05) is 27.7 Å². The second-order valence-electron chi connectivity index (χ2n) is 4.47. The van der Waals surface area contributed by atoms with Crippen LogP contribution in [0.2, 0.25) is 0 Å². The molecule has 0 unspecified atom stereocenters. The SMILES string of the molecule is Cc1nc(C=C=O)n(OC(C)(C)C)c1CN. The molecule has 0 aliphatic carbocycles. The van der Waals surface area contributed by atoms with Gasteiger partial charge in [0, 0.05) is 6.54 Å². The normalized spacial score (nSPS) is 11.1. The summed E-state index contributed by atoms with van der Waals surface area (Å²) in [4.78, 5) is 20.3. The van der Waals surface area contributed by atoms with Crippen molar-refractivity contribution < 1.29 is 9.63 Å². The van der Waals surface area contributed by atoms with Crippen molar-refractivity contribution in [2.45, 2.75) is 39.8 Å². The van der Waals surface area contributed by atoms with E-state index in [0.717, 1.165) is 11.4 Å². The fraction of sp³-hybridized carbons (Fsp3) is 0.545. The van der Waals surface area contributed by atoms with E-state index < -0.39 is 0 Å². The minimum atomic E-state index is -0.386. The van der Waals surface area contributed by atoms with E-state index in [1.54, 1.807) is 5.94 Å². The predicted octanol–water partition coefficient (Wildman–Crippen LogP) is 0.722. The van der Waals surface area contributed by atoms with Crippen LogP contribution in [0, 0.1) is 6.92 Å². The van der Waals surface area contributed by atoms with Gasteiger partial charge in [0.2, 0.25) is 0 Å². The van der Waals surface area contributed by atoms with Gasteiger partial charge in [0.05, 0.1) is 17.5 Å². The zero-order chi connectivity index (χ0) is 12.3. The molecule has 1 aromatic heterocycles. The van der Waals surface area contributed by atoms with Crippen molar-refractivity contribution in [1.29, 1.82) is 0 Å². The molecular formula is C11H17N3O2. The summed E-state index contributed by atoms with van der Waals surface area (Å²) in [5.74, 6) is 2.11. The van der Waals surface area contributed by atoms with Crippen LogP contribution in [0.4, 0.5) is 0 Å². The van der Waals surface area contributed by atoms with Crippen LogP contribution in [0.25, 0.3) is 6.08 Å². The Balaban J connectivity index is 3.25. The maximum absolute atomic E-state index is 10.4. The number of hydrogen-bond donors (Lipinski definition) is 1. The number of hydrogen-bond acceptors (Lipinski definition) is 4.